The predicted molar refractivity (Wildman–Crippen MR) is 85.5 cm³/mol. The van der Waals surface area contributed by atoms with E-state index in [1.54, 1.807) is 0 Å². The van der Waals surface area contributed by atoms with E-state index in [0.29, 0.717) is 19.3 Å². The van der Waals surface area contributed by atoms with Gasteiger partial charge in [-0.2, -0.15) is 0 Å². The summed E-state index contributed by atoms with van der Waals surface area (Å²) < 4.78 is 20.7. The van der Waals surface area contributed by atoms with Gasteiger partial charge in [0.15, 0.2) is 6.10 Å². The zero-order chi connectivity index (χ0) is 18.3. The molecule has 0 aromatic rings. The molecule has 0 aromatic carbocycles. The third-order valence-electron chi connectivity index (χ3n) is 4.36. The van der Waals surface area contributed by atoms with Crippen LogP contribution in [-0.4, -0.2) is 66.1 Å². The maximum Gasteiger partial charge on any atom is 0.308 e. The first-order valence-electron chi connectivity index (χ1n) is 8.97. The van der Waals surface area contributed by atoms with Crippen molar-refractivity contribution in [3.05, 3.63) is 0 Å². The summed E-state index contributed by atoms with van der Waals surface area (Å²) in [6.45, 7) is 2.16. The highest BCUT2D eigenvalue weighted by molar-refractivity contribution is 5.70. The second-order valence-electron chi connectivity index (χ2n) is 6.55. The molecule has 2 fully saturated rings. The maximum absolute atomic E-state index is 11.9. The highest BCUT2D eigenvalue weighted by Gasteiger charge is 2.58. The number of hydrogen-bond donors (Lipinski definition) is 2. The van der Waals surface area contributed by atoms with Crippen molar-refractivity contribution >= 4 is 11.9 Å². The Bertz CT molecular complexity index is 454. The van der Waals surface area contributed by atoms with E-state index in [0.717, 1.165) is 19.3 Å². The first-order chi connectivity index (χ1) is 12.0. The van der Waals surface area contributed by atoms with Gasteiger partial charge in [0.25, 0.3) is 5.79 Å². The molecule has 0 saturated carbocycles. The van der Waals surface area contributed by atoms with E-state index in [2.05, 4.69) is 6.92 Å². The molecule has 0 radical (unpaired) electrons. The Morgan fingerprint density at radius 2 is 1.84 bits per heavy atom. The number of ether oxygens (including phenoxy) is 4. The SMILES string of the molecule is CCCCCC(=O)OCCCCC(=O)O[C@@]1(O)CO[C@@H]2[C@H](O)CO[C@@H]21. The Morgan fingerprint density at radius 1 is 1.12 bits per heavy atom. The van der Waals surface area contributed by atoms with Crippen molar-refractivity contribution < 1.29 is 38.7 Å². The quantitative estimate of drug-likeness (QED) is 0.332. The summed E-state index contributed by atoms with van der Waals surface area (Å²) in [4.78, 5) is 23.3. The van der Waals surface area contributed by atoms with Crippen LogP contribution in [-0.2, 0) is 28.5 Å². The van der Waals surface area contributed by atoms with E-state index >= 15 is 0 Å². The first-order valence-corrected chi connectivity index (χ1v) is 8.97. The van der Waals surface area contributed by atoms with E-state index in [4.69, 9.17) is 18.9 Å². The van der Waals surface area contributed by atoms with E-state index in [1.807, 2.05) is 0 Å². The van der Waals surface area contributed by atoms with Crippen molar-refractivity contribution in [1.82, 2.24) is 0 Å². The molecule has 144 valence electrons. The molecule has 2 saturated heterocycles. The number of unbranched alkanes of at least 4 members (excludes halogenated alkanes) is 3. The Hall–Kier alpha value is -1.22. The number of aliphatic hydroxyl groups excluding tert-OH is 1. The summed E-state index contributed by atoms with van der Waals surface area (Å²) in [5.74, 6) is -2.65. The summed E-state index contributed by atoms with van der Waals surface area (Å²) in [6.07, 6.45) is 2.08. The Labute approximate surface area is 147 Å². The standard InChI is InChI=1S/C17H28O8/c1-2-3-4-7-13(19)22-9-6-5-8-14(20)25-17(21)11-24-15-12(18)10-23-16(15)17/h12,15-16,18,21H,2-11H2,1H3/t12-,15-,16+,17+/m1/s1. The molecule has 0 aromatic heterocycles. The van der Waals surface area contributed by atoms with Gasteiger partial charge in [-0.1, -0.05) is 19.8 Å². The number of esters is 2. The lowest BCUT2D eigenvalue weighted by molar-refractivity contribution is -0.237. The van der Waals surface area contributed by atoms with Crippen molar-refractivity contribution in [2.75, 3.05) is 19.8 Å². The summed E-state index contributed by atoms with van der Waals surface area (Å²) in [6, 6.07) is 0. The minimum absolute atomic E-state index is 0.0405. The average molecular weight is 360 g/mol. The van der Waals surface area contributed by atoms with E-state index in [-0.39, 0.29) is 32.2 Å². The molecule has 2 heterocycles. The number of carbonyl (C=O) groups excluding carboxylic acids is 2. The zero-order valence-corrected chi connectivity index (χ0v) is 14.6. The topological polar surface area (TPSA) is 112 Å². The molecule has 2 aliphatic heterocycles. The molecule has 0 aliphatic carbocycles. The van der Waals surface area contributed by atoms with Gasteiger partial charge < -0.3 is 29.2 Å². The largest absolute Gasteiger partial charge is 0.466 e. The lowest BCUT2D eigenvalue weighted by Gasteiger charge is -2.26. The fourth-order valence-electron chi connectivity index (χ4n) is 2.96. The monoisotopic (exact) mass is 360 g/mol. The smallest absolute Gasteiger partial charge is 0.308 e. The lowest BCUT2D eigenvalue weighted by Crippen LogP contribution is -2.47. The summed E-state index contributed by atoms with van der Waals surface area (Å²) in [7, 11) is 0. The van der Waals surface area contributed by atoms with Crippen LogP contribution in [0.3, 0.4) is 0 Å². The molecule has 0 unspecified atom stereocenters. The van der Waals surface area contributed by atoms with Gasteiger partial charge in [-0.3, -0.25) is 9.59 Å². The van der Waals surface area contributed by atoms with Crippen LogP contribution in [0.15, 0.2) is 0 Å². The Kier molecular flexibility index (Phi) is 7.61. The van der Waals surface area contributed by atoms with Gasteiger partial charge in [0.1, 0.15) is 18.8 Å². The second-order valence-corrected chi connectivity index (χ2v) is 6.55. The molecule has 8 nitrogen and oxygen atoms in total. The van der Waals surface area contributed by atoms with Gasteiger partial charge in [0, 0.05) is 12.8 Å². The van der Waals surface area contributed by atoms with Crippen molar-refractivity contribution in [1.29, 1.82) is 0 Å². The van der Waals surface area contributed by atoms with Crippen LogP contribution in [0.1, 0.15) is 51.9 Å². The van der Waals surface area contributed by atoms with Gasteiger partial charge in [0.05, 0.1) is 13.2 Å². The highest BCUT2D eigenvalue weighted by atomic mass is 16.7. The van der Waals surface area contributed by atoms with Gasteiger partial charge >= 0.3 is 11.9 Å². The molecular formula is C17H28O8. The number of rotatable bonds is 10. The molecule has 2 N–H and O–H groups in total. The molecule has 8 heteroatoms. The lowest BCUT2D eigenvalue weighted by atomic mass is 10.1. The van der Waals surface area contributed by atoms with E-state index < -0.39 is 30.1 Å². The number of fused-ring (bicyclic) bond motifs is 1. The number of carbonyl (C=O) groups is 2. The first kappa shape index (κ1) is 20.1. The molecule has 4 atom stereocenters. The van der Waals surface area contributed by atoms with E-state index in [9.17, 15) is 19.8 Å². The van der Waals surface area contributed by atoms with Crippen LogP contribution in [0.2, 0.25) is 0 Å². The molecule has 2 rings (SSSR count). The number of hydrogen-bond acceptors (Lipinski definition) is 8. The predicted octanol–water partition coefficient (Wildman–Crippen LogP) is 0.670. The normalized spacial score (nSPS) is 30.9. The van der Waals surface area contributed by atoms with E-state index in [1.165, 1.54) is 0 Å². The molecular weight excluding hydrogens is 332 g/mol. The second kappa shape index (κ2) is 9.47. The van der Waals surface area contributed by atoms with Crippen LogP contribution in [0.5, 0.6) is 0 Å². The van der Waals surface area contributed by atoms with Crippen molar-refractivity contribution in [3.63, 3.8) is 0 Å². The number of aliphatic hydroxyl groups is 2. The zero-order valence-electron chi connectivity index (χ0n) is 14.6. The Morgan fingerprint density at radius 3 is 2.60 bits per heavy atom. The average Bonchev–Trinajstić information content (AvgIpc) is 3.09. The molecule has 0 amide bonds. The molecule has 0 spiro atoms. The molecule has 25 heavy (non-hydrogen) atoms. The molecule has 0 bridgehead atoms. The summed E-state index contributed by atoms with van der Waals surface area (Å²) in [5, 5.41) is 20.0. The Balaban J connectivity index is 1.58. The highest BCUT2D eigenvalue weighted by Crippen LogP contribution is 2.35. The third kappa shape index (κ3) is 5.64. The van der Waals surface area contributed by atoms with Crippen LogP contribution >= 0.6 is 0 Å². The summed E-state index contributed by atoms with van der Waals surface area (Å²) >= 11 is 0. The van der Waals surface area contributed by atoms with Crippen molar-refractivity contribution in [3.8, 4) is 0 Å². The third-order valence-corrected chi connectivity index (χ3v) is 4.36. The van der Waals surface area contributed by atoms with Crippen LogP contribution in [0.4, 0.5) is 0 Å². The van der Waals surface area contributed by atoms with Gasteiger partial charge in [0.2, 0.25) is 0 Å². The van der Waals surface area contributed by atoms with Gasteiger partial charge in [-0.05, 0) is 19.3 Å². The van der Waals surface area contributed by atoms with Gasteiger partial charge in [-0.15, -0.1) is 0 Å². The summed E-state index contributed by atoms with van der Waals surface area (Å²) in [5.41, 5.74) is 0. The maximum atomic E-state index is 11.9. The van der Waals surface area contributed by atoms with Crippen molar-refractivity contribution in [2.24, 2.45) is 0 Å². The minimum atomic E-state index is -1.86. The van der Waals surface area contributed by atoms with Crippen LogP contribution in [0.25, 0.3) is 0 Å². The molecule has 2 aliphatic rings. The minimum Gasteiger partial charge on any atom is -0.466 e. The fourth-order valence-corrected chi connectivity index (χ4v) is 2.96. The van der Waals surface area contributed by atoms with Crippen LogP contribution < -0.4 is 0 Å². The van der Waals surface area contributed by atoms with Gasteiger partial charge in [-0.25, -0.2) is 0 Å². The fraction of sp³-hybridized carbons (Fsp3) is 0.882. The van der Waals surface area contributed by atoms with Crippen LogP contribution in [0, 0.1) is 0 Å². The van der Waals surface area contributed by atoms with Crippen molar-refractivity contribution in [2.45, 2.75) is 76.0 Å².